The van der Waals surface area contributed by atoms with E-state index in [2.05, 4.69) is 5.32 Å². The van der Waals surface area contributed by atoms with E-state index in [0.29, 0.717) is 6.42 Å². The summed E-state index contributed by atoms with van der Waals surface area (Å²) < 4.78 is 40.3. The van der Waals surface area contributed by atoms with Crippen molar-refractivity contribution in [3.8, 4) is 6.07 Å². The van der Waals surface area contributed by atoms with Crippen LogP contribution in [0.15, 0.2) is 36.4 Å². The Balaban J connectivity index is 2.11. The van der Waals surface area contributed by atoms with Crippen LogP contribution in [-0.4, -0.2) is 6.04 Å². The third-order valence-electron chi connectivity index (χ3n) is 3.02. The monoisotopic (exact) mass is 290 g/mol. The Morgan fingerprint density at radius 1 is 1.10 bits per heavy atom. The molecule has 0 bridgehead atoms. The number of hydrogen-bond donors (Lipinski definition) is 1. The molecule has 0 fully saturated rings. The third-order valence-corrected chi connectivity index (χ3v) is 3.02. The summed E-state index contributed by atoms with van der Waals surface area (Å²) in [7, 11) is 0. The van der Waals surface area contributed by atoms with E-state index in [1.54, 1.807) is 25.1 Å². The summed E-state index contributed by atoms with van der Waals surface area (Å²) in [6.45, 7) is 1.76. The summed E-state index contributed by atoms with van der Waals surface area (Å²) >= 11 is 0. The summed E-state index contributed by atoms with van der Waals surface area (Å²) in [5.41, 5.74) is 0.524. The number of nitriles is 1. The Morgan fingerprint density at radius 2 is 1.67 bits per heavy atom. The SMILES string of the molecule is CC(Cc1ccc(F)cc1)Nc1c(F)cc(C#N)cc1F. The summed E-state index contributed by atoms with van der Waals surface area (Å²) in [5.74, 6) is -1.95. The van der Waals surface area contributed by atoms with Gasteiger partial charge < -0.3 is 5.32 Å². The average Bonchev–Trinajstić information content (AvgIpc) is 2.45. The third kappa shape index (κ3) is 3.76. The minimum Gasteiger partial charge on any atom is -0.378 e. The van der Waals surface area contributed by atoms with Crippen molar-refractivity contribution in [1.82, 2.24) is 0 Å². The maximum absolute atomic E-state index is 13.7. The van der Waals surface area contributed by atoms with Crippen LogP contribution in [0.4, 0.5) is 18.9 Å². The van der Waals surface area contributed by atoms with Crippen molar-refractivity contribution in [2.45, 2.75) is 19.4 Å². The second-order valence-electron chi connectivity index (χ2n) is 4.80. The van der Waals surface area contributed by atoms with E-state index >= 15 is 0 Å². The fourth-order valence-electron chi connectivity index (χ4n) is 2.05. The van der Waals surface area contributed by atoms with Gasteiger partial charge >= 0.3 is 0 Å². The molecular formula is C16H13F3N2. The minimum absolute atomic E-state index is 0.0678. The summed E-state index contributed by atoms with van der Waals surface area (Å²) in [6.07, 6.45) is 0.485. The van der Waals surface area contributed by atoms with Crippen LogP contribution in [0.1, 0.15) is 18.1 Å². The molecule has 0 amide bonds. The van der Waals surface area contributed by atoms with Crippen LogP contribution in [0.5, 0.6) is 0 Å². The molecular weight excluding hydrogens is 277 g/mol. The molecule has 0 saturated carbocycles. The number of benzene rings is 2. The van der Waals surface area contributed by atoms with Crippen LogP contribution < -0.4 is 5.32 Å². The van der Waals surface area contributed by atoms with Gasteiger partial charge in [-0.2, -0.15) is 5.26 Å². The van der Waals surface area contributed by atoms with Crippen molar-refractivity contribution in [2.24, 2.45) is 0 Å². The van der Waals surface area contributed by atoms with E-state index in [-0.39, 0.29) is 23.1 Å². The van der Waals surface area contributed by atoms with Crippen molar-refractivity contribution in [3.05, 3.63) is 65.0 Å². The van der Waals surface area contributed by atoms with Crippen LogP contribution in [0.2, 0.25) is 0 Å². The lowest BCUT2D eigenvalue weighted by molar-refractivity contribution is 0.582. The number of halogens is 3. The number of nitrogens with zero attached hydrogens (tertiary/aromatic N) is 1. The topological polar surface area (TPSA) is 35.8 Å². The van der Waals surface area contributed by atoms with Gasteiger partial charge in [0, 0.05) is 6.04 Å². The maximum Gasteiger partial charge on any atom is 0.150 e. The van der Waals surface area contributed by atoms with Gasteiger partial charge in [0.05, 0.1) is 11.6 Å². The highest BCUT2D eigenvalue weighted by atomic mass is 19.1. The molecule has 5 heteroatoms. The Bertz CT molecular complexity index is 652. The average molecular weight is 290 g/mol. The van der Waals surface area contributed by atoms with Crippen LogP contribution in [0, 0.1) is 28.8 Å². The van der Waals surface area contributed by atoms with Gasteiger partial charge in [0.15, 0.2) is 11.6 Å². The number of nitrogens with one attached hydrogen (secondary N) is 1. The molecule has 0 heterocycles. The number of rotatable bonds is 4. The second kappa shape index (κ2) is 6.31. The molecule has 2 aromatic carbocycles. The maximum atomic E-state index is 13.7. The molecule has 0 aromatic heterocycles. The van der Waals surface area contributed by atoms with Gasteiger partial charge in [-0.15, -0.1) is 0 Å². The first-order valence-electron chi connectivity index (χ1n) is 6.39. The van der Waals surface area contributed by atoms with E-state index in [1.165, 1.54) is 12.1 Å². The second-order valence-corrected chi connectivity index (χ2v) is 4.80. The first kappa shape index (κ1) is 14.9. The summed E-state index contributed by atoms with van der Waals surface area (Å²) in [5, 5.41) is 11.4. The molecule has 0 aliphatic carbocycles. The fourth-order valence-corrected chi connectivity index (χ4v) is 2.05. The van der Waals surface area contributed by atoms with Crippen molar-refractivity contribution >= 4 is 5.69 Å². The van der Waals surface area contributed by atoms with Gasteiger partial charge in [-0.3, -0.25) is 0 Å². The van der Waals surface area contributed by atoms with Crippen molar-refractivity contribution in [3.63, 3.8) is 0 Å². The normalized spacial score (nSPS) is 11.8. The van der Waals surface area contributed by atoms with E-state index in [0.717, 1.165) is 17.7 Å². The van der Waals surface area contributed by atoms with Crippen LogP contribution >= 0.6 is 0 Å². The van der Waals surface area contributed by atoms with Gasteiger partial charge in [0.1, 0.15) is 11.5 Å². The smallest absolute Gasteiger partial charge is 0.150 e. The zero-order valence-electron chi connectivity index (χ0n) is 11.3. The molecule has 1 N–H and O–H groups in total. The molecule has 2 rings (SSSR count). The van der Waals surface area contributed by atoms with Crippen LogP contribution in [0.3, 0.4) is 0 Å². The van der Waals surface area contributed by atoms with E-state index < -0.39 is 11.6 Å². The van der Waals surface area contributed by atoms with Gasteiger partial charge in [-0.1, -0.05) is 12.1 Å². The summed E-state index contributed by atoms with van der Waals surface area (Å²) in [6, 6.07) is 9.32. The van der Waals surface area contributed by atoms with Gasteiger partial charge in [0.2, 0.25) is 0 Å². The standard InChI is InChI=1S/C16H13F3N2/c1-10(6-11-2-4-13(17)5-3-11)21-16-14(18)7-12(9-20)8-15(16)19/h2-5,7-8,10,21H,6H2,1H3. The molecule has 0 spiro atoms. The first-order valence-corrected chi connectivity index (χ1v) is 6.39. The highest BCUT2D eigenvalue weighted by molar-refractivity contribution is 5.51. The predicted molar refractivity (Wildman–Crippen MR) is 74.3 cm³/mol. The predicted octanol–water partition coefficient (Wildman–Crippen LogP) is 4.02. The molecule has 0 saturated heterocycles. The molecule has 108 valence electrons. The Hall–Kier alpha value is -2.48. The molecule has 1 unspecified atom stereocenters. The quantitative estimate of drug-likeness (QED) is 0.923. The Morgan fingerprint density at radius 3 is 2.19 bits per heavy atom. The van der Waals surface area contributed by atoms with Crippen molar-refractivity contribution < 1.29 is 13.2 Å². The summed E-state index contributed by atoms with van der Waals surface area (Å²) in [4.78, 5) is 0. The lowest BCUT2D eigenvalue weighted by atomic mass is 10.1. The lowest BCUT2D eigenvalue weighted by Crippen LogP contribution is -2.20. The molecule has 0 aliphatic heterocycles. The highest BCUT2D eigenvalue weighted by Gasteiger charge is 2.14. The van der Waals surface area contributed by atoms with Crippen molar-refractivity contribution in [2.75, 3.05) is 5.32 Å². The molecule has 2 nitrogen and oxygen atoms in total. The van der Waals surface area contributed by atoms with Crippen LogP contribution in [0.25, 0.3) is 0 Å². The van der Waals surface area contributed by atoms with Crippen molar-refractivity contribution in [1.29, 1.82) is 5.26 Å². The van der Waals surface area contributed by atoms with Gasteiger partial charge in [-0.05, 0) is 43.2 Å². The largest absolute Gasteiger partial charge is 0.378 e. The molecule has 1 atom stereocenters. The Kier molecular flexibility index (Phi) is 4.49. The lowest BCUT2D eigenvalue weighted by Gasteiger charge is -2.16. The van der Waals surface area contributed by atoms with Crippen LogP contribution in [-0.2, 0) is 6.42 Å². The van der Waals surface area contributed by atoms with E-state index in [4.69, 9.17) is 5.26 Å². The zero-order chi connectivity index (χ0) is 15.4. The molecule has 0 radical (unpaired) electrons. The zero-order valence-corrected chi connectivity index (χ0v) is 11.3. The van der Waals surface area contributed by atoms with E-state index in [1.807, 2.05) is 0 Å². The Labute approximate surface area is 120 Å². The molecule has 21 heavy (non-hydrogen) atoms. The minimum atomic E-state index is -0.808. The fraction of sp³-hybridized carbons (Fsp3) is 0.188. The van der Waals surface area contributed by atoms with Gasteiger partial charge in [0.25, 0.3) is 0 Å². The highest BCUT2D eigenvalue weighted by Crippen LogP contribution is 2.22. The van der Waals surface area contributed by atoms with E-state index in [9.17, 15) is 13.2 Å². The first-order chi connectivity index (χ1) is 9.99. The number of hydrogen-bond acceptors (Lipinski definition) is 2. The molecule has 0 aliphatic rings. The molecule has 2 aromatic rings. The van der Waals surface area contributed by atoms with Gasteiger partial charge in [-0.25, -0.2) is 13.2 Å². The number of anilines is 1.